The average molecular weight is 222 g/mol. The third-order valence-corrected chi connectivity index (χ3v) is 3.01. The van der Waals surface area contributed by atoms with Crippen LogP contribution in [0.15, 0.2) is 24.5 Å². The van der Waals surface area contributed by atoms with Gasteiger partial charge in [-0.25, -0.2) is 4.79 Å². The summed E-state index contributed by atoms with van der Waals surface area (Å²) in [6, 6.07) is 3.45. The van der Waals surface area contributed by atoms with Gasteiger partial charge in [0.2, 0.25) is 0 Å². The van der Waals surface area contributed by atoms with Crippen molar-refractivity contribution < 1.29 is 9.90 Å². The van der Waals surface area contributed by atoms with Gasteiger partial charge >= 0.3 is 5.97 Å². The predicted octanol–water partition coefficient (Wildman–Crippen LogP) is 2.00. The molecule has 2 rings (SSSR count). The molecule has 4 nitrogen and oxygen atoms in total. The third-order valence-electron chi connectivity index (χ3n) is 1.95. The number of thiophene rings is 1. The van der Waals surface area contributed by atoms with Crippen molar-refractivity contribution in [1.82, 2.24) is 9.78 Å². The van der Waals surface area contributed by atoms with Gasteiger partial charge in [0.15, 0.2) is 0 Å². The van der Waals surface area contributed by atoms with E-state index in [1.54, 1.807) is 16.9 Å². The number of carboxylic acid groups (broad SMARTS) is 1. The molecule has 2 heterocycles. The van der Waals surface area contributed by atoms with Crippen molar-refractivity contribution in [3.05, 3.63) is 39.8 Å². The molecule has 1 N–H and O–H groups in total. The van der Waals surface area contributed by atoms with E-state index in [0.29, 0.717) is 11.4 Å². The minimum atomic E-state index is -0.872. The Hall–Kier alpha value is -1.62. The van der Waals surface area contributed by atoms with Gasteiger partial charge in [-0.2, -0.15) is 5.10 Å². The number of aromatic nitrogens is 2. The molecule has 0 aliphatic rings. The Kier molecular flexibility index (Phi) is 2.55. The molecule has 2 aromatic rings. The number of rotatable bonds is 3. The Morgan fingerprint density at radius 1 is 1.60 bits per heavy atom. The van der Waals surface area contributed by atoms with E-state index in [9.17, 15) is 4.79 Å². The molecule has 0 spiro atoms. The fraction of sp³-hybridized carbons (Fsp3) is 0.200. The highest BCUT2D eigenvalue weighted by atomic mass is 32.1. The van der Waals surface area contributed by atoms with Crippen LogP contribution in [-0.4, -0.2) is 20.9 Å². The Labute approximate surface area is 90.8 Å². The second-order valence-corrected chi connectivity index (χ2v) is 4.45. The third kappa shape index (κ3) is 2.24. The Bertz CT molecular complexity index is 487. The van der Waals surface area contributed by atoms with Gasteiger partial charge in [-0.05, 0) is 24.6 Å². The number of aryl methyl sites for hydroxylation is 1. The summed E-state index contributed by atoms with van der Waals surface area (Å²) in [4.78, 5) is 12.0. The van der Waals surface area contributed by atoms with Crippen LogP contribution in [0.5, 0.6) is 0 Å². The van der Waals surface area contributed by atoms with Gasteiger partial charge in [0.1, 0.15) is 4.88 Å². The molecule has 0 aliphatic heterocycles. The quantitative estimate of drug-likeness (QED) is 0.864. The first-order valence-electron chi connectivity index (χ1n) is 4.46. The molecular formula is C10H10N2O2S. The first-order valence-corrected chi connectivity index (χ1v) is 5.28. The molecule has 0 bridgehead atoms. The summed E-state index contributed by atoms with van der Waals surface area (Å²) in [5.41, 5.74) is 1.10. The number of hydrogen-bond acceptors (Lipinski definition) is 3. The number of carboxylic acids is 1. The second-order valence-electron chi connectivity index (χ2n) is 3.29. The van der Waals surface area contributed by atoms with E-state index in [1.165, 1.54) is 11.3 Å². The van der Waals surface area contributed by atoms with E-state index in [2.05, 4.69) is 5.10 Å². The second kappa shape index (κ2) is 3.86. The van der Waals surface area contributed by atoms with Gasteiger partial charge in [0, 0.05) is 11.1 Å². The SMILES string of the molecule is Cc1cnn(Cc2ccc(C(=O)O)s2)c1. The number of carbonyl (C=O) groups is 1. The standard InChI is InChI=1S/C10H10N2O2S/c1-7-4-11-12(5-7)6-8-2-3-9(15-8)10(13)14/h2-5H,6H2,1H3,(H,13,14). The molecular weight excluding hydrogens is 212 g/mol. The molecule has 0 unspecified atom stereocenters. The van der Waals surface area contributed by atoms with Crippen molar-refractivity contribution >= 4 is 17.3 Å². The minimum absolute atomic E-state index is 0.369. The lowest BCUT2D eigenvalue weighted by Gasteiger charge is -1.96. The lowest BCUT2D eigenvalue weighted by atomic mass is 10.4. The topological polar surface area (TPSA) is 55.1 Å². The van der Waals surface area contributed by atoms with Gasteiger partial charge in [-0.3, -0.25) is 4.68 Å². The summed E-state index contributed by atoms with van der Waals surface area (Å²) in [6.45, 7) is 2.60. The highest BCUT2D eigenvalue weighted by Crippen LogP contribution is 2.17. The molecule has 5 heteroatoms. The van der Waals surface area contributed by atoms with E-state index in [1.807, 2.05) is 19.2 Å². The molecule has 0 aromatic carbocycles. The number of aromatic carboxylic acids is 1. The van der Waals surface area contributed by atoms with Gasteiger partial charge in [0.05, 0.1) is 12.7 Å². The molecule has 2 aromatic heterocycles. The van der Waals surface area contributed by atoms with Crippen LogP contribution >= 0.6 is 11.3 Å². The van der Waals surface area contributed by atoms with Gasteiger partial charge < -0.3 is 5.11 Å². The van der Waals surface area contributed by atoms with Crippen LogP contribution in [-0.2, 0) is 6.54 Å². The normalized spacial score (nSPS) is 10.5. The average Bonchev–Trinajstić information content (AvgIpc) is 2.76. The van der Waals surface area contributed by atoms with Crippen molar-refractivity contribution in [1.29, 1.82) is 0 Å². The van der Waals surface area contributed by atoms with E-state index in [-0.39, 0.29) is 0 Å². The van der Waals surface area contributed by atoms with Gasteiger partial charge in [-0.1, -0.05) is 0 Å². The summed E-state index contributed by atoms with van der Waals surface area (Å²) < 4.78 is 1.80. The zero-order valence-electron chi connectivity index (χ0n) is 8.17. The van der Waals surface area contributed by atoms with E-state index >= 15 is 0 Å². The highest BCUT2D eigenvalue weighted by Gasteiger charge is 2.07. The fourth-order valence-electron chi connectivity index (χ4n) is 1.29. The maximum atomic E-state index is 10.7. The molecule has 0 aliphatic carbocycles. The zero-order valence-corrected chi connectivity index (χ0v) is 8.99. The van der Waals surface area contributed by atoms with Crippen molar-refractivity contribution in [2.75, 3.05) is 0 Å². The van der Waals surface area contributed by atoms with Crippen LogP contribution in [0.2, 0.25) is 0 Å². The fourth-order valence-corrected chi connectivity index (χ4v) is 2.13. The summed E-state index contributed by atoms with van der Waals surface area (Å²) in [6.07, 6.45) is 3.71. The lowest BCUT2D eigenvalue weighted by Crippen LogP contribution is -1.97. The lowest BCUT2D eigenvalue weighted by molar-refractivity contribution is 0.0702. The van der Waals surface area contributed by atoms with Crippen LogP contribution in [0.1, 0.15) is 20.1 Å². The number of hydrogen-bond donors (Lipinski definition) is 1. The monoisotopic (exact) mass is 222 g/mol. The summed E-state index contributed by atoms with van der Waals surface area (Å²) in [7, 11) is 0. The van der Waals surface area contributed by atoms with Crippen LogP contribution in [0.25, 0.3) is 0 Å². The van der Waals surface area contributed by atoms with Gasteiger partial charge in [-0.15, -0.1) is 11.3 Å². The predicted molar refractivity (Wildman–Crippen MR) is 57.3 cm³/mol. The highest BCUT2D eigenvalue weighted by molar-refractivity contribution is 7.13. The summed E-state index contributed by atoms with van der Waals surface area (Å²) in [5.74, 6) is -0.872. The first-order chi connectivity index (χ1) is 7.15. The van der Waals surface area contributed by atoms with Crippen molar-refractivity contribution in [2.24, 2.45) is 0 Å². The van der Waals surface area contributed by atoms with E-state index in [4.69, 9.17) is 5.11 Å². The Morgan fingerprint density at radius 3 is 2.93 bits per heavy atom. The summed E-state index contributed by atoms with van der Waals surface area (Å²) in [5, 5.41) is 12.9. The van der Waals surface area contributed by atoms with Crippen LogP contribution in [0.4, 0.5) is 0 Å². The number of nitrogens with zero attached hydrogens (tertiary/aromatic N) is 2. The first kappa shape index (κ1) is 9.92. The molecule has 15 heavy (non-hydrogen) atoms. The smallest absolute Gasteiger partial charge is 0.345 e. The Morgan fingerprint density at radius 2 is 2.40 bits per heavy atom. The van der Waals surface area contributed by atoms with Gasteiger partial charge in [0.25, 0.3) is 0 Å². The largest absolute Gasteiger partial charge is 0.477 e. The molecule has 0 fully saturated rings. The molecule has 0 saturated carbocycles. The maximum absolute atomic E-state index is 10.7. The molecule has 0 atom stereocenters. The zero-order chi connectivity index (χ0) is 10.8. The van der Waals surface area contributed by atoms with Crippen molar-refractivity contribution in [3.63, 3.8) is 0 Å². The van der Waals surface area contributed by atoms with Crippen molar-refractivity contribution in [3.8, 4) is 0 Å². The van der Waals surface area contributed by atoms with E-state index < -0.39 is 5.97 Å². The summed E-state index contributed by atoms with van der Waals surface area (Å²) >= 11 is 1.28. The Balaban J connectivity index is 2.14. The van der Waals surface area contributed by atoms with Crippen LogP contribution < -0.4 is 0 Å². The van der Waals surface area contributed by atoms with Crippen molar-refractivity contribution in [2.45, 2.75) is 13.5 Å². The molecule has 0 amide bonds. The molecule has 0 radical (unpaired) electrons. The van der Waals surface area contributed by atoms with E-state index in [0.717, 1.165) is 10.4 Å². The molecule has 78 valence electrons. The van der Waals surface area contributed by atoms with Crippen LogP contribution in [0, 0.1) is 6.92 Å². The maximum Gasteiger partial charge on any atom is 0.345 e. The molecule has 0 saturated heterocycles. The van der Waals surface area contributed by atoms with Crippen LogP contribution in [0.3, 0.4) is 0 Å². The minimum Gasteiger partial charge on any atom is -0.477 e.